The Morgan fingerprint density at radius 2 is 1.88 bits per heavy atom. The Balaban J connectivity index is 1.99. The fraction of sp³-hybridized carbons (Fsp3) is 1.00. The maximum Gasteiger partial charge on any atom is 0.0498 e. The number of hydrogen-bond donors (Lipinski definition) is 1. The molecule has 2 fully saturated rings. The molecule has 0 radical (unpaired) electrons. The van der Waals surface area contributed by atoms with Gasteiger partial charge in [-0.15, -0.1) is 0 Å². The molecule has 2 unspecified atom stereocenters. The summed E-state index contributed by atoms with van der Waals surface area (Å²) < 4.78 is 5.00. The molecule has 1 N–H and O–H groups in total. The van der Waals surface area contributed by atoms with Gasteiger partial charge in [0.15, 0.2) is 0 Å². The molecule has 0 aliphatic carbocycles. The lowest BCUT2D eigenvalue weighted by Crippen LogP contribution is -2.61. The van der Waals surface area contributed by atoms with Crippen molar-refractivity contribution in [2.24, 2.45) is 0 Å². The van der Waals surface area contributed by atoms with Crippen LogP contribution in [0, 0.1) is 0 Å². The molecule has 4 nitrogen and oxygen atoms in total. The number of halogens is 2. The summed E-state index contributed by atoms with van der Waals surface area (Å²) in [7, 11) is 0. The number of hydrogen-bond acceptors (Lipinski definition) is 4. The van der Waals surface area contributed by atoms with E-state index in [4.69, 9.17) is 0 Å². The average Bonchev–Trinajstić information content (AvgIpc) is 2.31. The summed E-state index contributed by atoms with van der Waals surface area (Å²) in [6.45, 7) is 10.5. The van der Waals surface area contributed by atoms with Crippen LogP contribution in [0.4, 0.5) is 0 Å². The summed E-state index contributed by atoms with van der Waals surface area (Å²) in [6, 6.07) is 1.32. The number of nitrogens with zero attached hydrogens (tertiary/aromatic N) is 3. The lowest BCUT2D eigenvalue weighted by atomic mass is 10.0. The highest BCUT2D eigenvalue weighted by molar-refractivity contribution is 14.1. The van der Waals surface area contributed by atoms with Crippen molar-refractivity contribution in [3.63, 3.8) is 0 Å². The van der Waals surface area contributed by atoms with Gasteiger partial charge in [0.2, 0.25) is 0 Å². The second-order valence-corrected chi connectivity index (χ2v) is 6.96. The Bertz CT molecular complexity index is 229. The lowest BCUT2D eigenvalue weighted by Gasteiger charge is -2.45. The zero-order chi connectivity index (χ0) is 11.5. The van der Waals surface area contributed by atoms with E-state index in [9.17, 15) is 0 Å². The largest absolute Gasteiger partial charge is 0.314 e. The molecule has 6 heteroatoms. The molecule has 0 amide bonds. The first-order chi connectivity index (χ1) is 7.72. The average molecular weight is 450 g/mol. The van der Waals surface area contributed by atoms with Gasteiger partial charge in [-0.25, -0.2) is 6.23 Å². The quantitative estimate of drug-likeness (QED) is 0.500. The molecule has 2 heterocycles. The SMILES string of the molecule is CCN1CCN(I)C(C2CNCCN2I)C1. The highest BCUT2D eigenvalue weighted by atomic mass is 127. The minimum Gasteiger partial charge on any atom is -0.314 e. The fourth-order valence-corrected chi connectivity index (χ4v) is 4.04. The van der Waals surface area contributed by atoms with E-state index >= 15 is 0 Å². The molecule has 16 heavy (non-hydrogen) atoms. The summed E-state index contributed by atoms with van der Waals surface area (Å²) >= 11 is 5.00. The minimum atomic E-state index is 0.653. The van der Waals surface area contributed by atoms with E-state index in [1.807, 2.05) is 0 Å². The van der Waals surface area contributed by atoms with Gasteiger partial charge in [-0.2, -0.15) is 0 Å². The van der Waals surface area contributed by atoms with Gasteiger partial charge in [-0.3, -0.25) is 0 Å². The number of likely N-dealkylation sites (N-methyl/N-ethyl adjacent to an activating group) is 1. The molecule has 2 aliphatic heterocycles. The van der Waals surface area contributed by atoms with E-state index in [-0.39, 0.29) is 0 Å². The fourth-order valence-electron chi connectivity index (χ4n) is 2.47. The standard InChI is InChI=1S/C10H20I2N4/c1-2-14-5-6-16(12)10(8-14)9-7-13-3-4-15(9)11/h9-10,13H,2-8H2,1H3. The Kier molecular flexibility index (Phi) is 5.54. The normalized spacial score (nSPS) is 35.4. The van der Waals surface area contributed by atoms with Crippen LogP contribution in [0.1, 0.15) is 6.92 Å². The van der Waals surface area contributed by atoms with Gasteiger partial charge < -0.3 is 10.2 Å². The van der Waals surface area contributed by atoms with Crippen LogP contribution in [0.5, 0.6) is 0 Å². The Labute approximate surface area is 126 Å². The van der Waals surface area contributed by atoms with Gasteiger partial charge in [0.05, 0.1) is 0 Å². The number of rotatable bonds is 2. The monoisotopic (exact) mass is 450 g/mol. The Morgan fingerprint density at radius 1 is 1.12 bits per heavy atom. The van der Waals surface area contributed by atoms with Crippen molar-refractivity contribution in [2.75, 3.05) is 45.8 Å². The summed E-state index contributed by atoms with van der Waals surface area (Å²) in [5.41, 5.74) is 0. The van der Waals surface area contributed by atoms with Crippen LogP contribution >= 0.6 is 45.7 Å². The van der Waals surface area contributed by atoms with Gasteiger partial charge in [0.1, 0.15) is 0 Å². The topological polar surface area (TPSA) is 21.8 Å². The van der Waals surface area contributed by atoms with Crippen LogP contribution in [-0.2, 0) is 0 Å². The molecule has 0 bridgehead atoms. The maximum absolute atomic E-state index is 3.52. The summed E-state index contributed by atoms with van der Waals surface area (Å²) in [5, 5.41) is 3.52. The zero-order valence-electron chi connectivity index (χ0n) is 9.70. The van der Waals surface area contributed by atoms with Crippen molar-refractivity contribution in [3.05, 3.63) is 0 Å². The third-order valence-electron chi connectivity index (χ3n) is 3.54. The van der Waals surface area contributed by atoms with Gasteiger partial charge in [0.25, 0.3) is 0 Å². The highest BCUT2D eigenvalue weighted by Crippen LogP contribution is 2.23. The molecule has 0 aromatic rings. The smallest absolute Gasteiger partial charge is 0.0498 e. The molecule has 0 saturated carbocycles. The van der Waals surface area contributed by atoms with Gasteiger partial charge in [-0.05, 0) is 6.54 Å². The van der Waals surface area contributed by atoms with Crippen LogP contribution in [0.25, 0.3) is 0 Å². The number of nitrogens with one attached hydrogen (secondary N) is 1. The second kappa shape index (κ2) is 6.46. The van der Waals surface area contributed by atoms with E-state index in [0.29, 0.717) is 12.1 Å². The van der Waals surface area contributed by atoms with Crippen LogP contribution < -0.4 is 5.32 Å². The van der Waals surface area contributed by atoms with Gasteiger partial charge in [0, 0.05) is 97.1 Å². The molecule has 0 aromatic heterocycles. The van der Waals surface area contributed by atoms with Crippen LogP contribution in [0.3, 0.4) is 0 Å². The summed E-state index contributed by atoms with van der Waals surface area (Å²) in [6.07, 6.45) is 0. The lowest BCUT2D eigenvalue weighted by molar-refractivity contribution is 0.108. The van der Waals surface area contributed by atoms with E-state index in [2.05, 4.69) is 69.1 Å². The molecule has 2 saturated heterocycles. The van der Waals surface area contributed by atoms with Crippen molar-refractivity contribution in [3.8, 4) is 0 Å². The highest BCUT2D eigenvalue weighted by Gasteiger charge is 2.35. The minimum absolute atomic E-state index is 0.653. The summed E-state index contributed by atoms with van der Waals surface area (Å²) in [4.78, 5) is 2.57. The van der Waals surface area contributed by atoms with Crippen molar-refractivity contribution < 1.29 is 0 Å². The predicted molar refractivity (Wildman–Crippen MR) is 84.0 cm³/mol. The van der Waals surface area contributed by atoms with Crippen LogP contribution in [-0.4, -0.2) is 69.0 Å². The van der Waals surface area contributed by atoms with Crippen molar-refractivity contribution >= 4 is 45.7 Å². The summed E-state index contributed by atoms with van der Waals surface area (Å²) in [5.74, 6) is 0. The third kappa shape index (κ3) is 3.19. The molecule has 0 aromatic carbocycles. The molecule has 2 aliphatic rings. The molecule has 2 atom stereocenters. The van der Waals surface area contributed by atoms with E-state index in [0.717, 1.165) is 13.1 Å². The number of piperazine rings is 2. The van der Waals surface area contributed by atoms with Crippen molar-refractivity contribution in [1.29, 1.82) is 0 Å². The third-order valence-corrected chi connectivity index (χ3v) is 5.94. The van der Waals surface area contributed by atoms with Crippen molar-refractivity contribution in [1.82, 2.24) is 16.4 Å². The van der Waals surface area contributed by atoms with E-state index in [1.54, 1.807) is 0 Å². The first kappa shape index (κ1) is 13.7. The van der Waals surface area contributed by atoms with Crippen molar-refractivity contribution in [2.45, 2.75) is 19.0 Å². The van der Waals surface area contributed by atoms with E-state index in [1.165, 1.54) is 32.7 Å². The molecular formula is C10H20I2N4. The molecule has 94 valence electrons. The van der Waals surface area contributed by atoms with Gasteiger partial charge >= 0.3 is 0 Å². The van der Waals surface area contributed by atoms with E-state index < -0.39 is 0 Å². The zero-order valence-corrected chi connectivity index (χ0v) is 14.0. The first-order valence-electron chi connectivity index (χ1n) is 6.00. The van der Waals surface area contributed by atoms with Gasteiger partial charge in [-0.1, -0.05) is 6.92 Å². The van der Waals surface area contributed by atoms with Crippen LogP contribution in [0.2, 0.25) is 0 Å². The Hall–Kier alpha value is 1.30. The molecule has 0 spiro atoms. The van der Waals surface area contributed by atoms with Crippen LogP contribution in [0.15, 0.2) is 0 Å². The second-order valence-electron chi connectivity index (χ2n) is 4.48. The maximum atomic E-state index is 3.52. The first-order valence-corrected chi connectivity index (χ1v) is 7.93. The predicted octanol–water partition coefficient (Wildman–Crippen LogP) is 0.966. The Morgan fingerprint density at radius 3 is 2.56 bits per heavy atom. The molecule has 2 rings (SSSR count). The molecular weight excluding hydrogens is 430 g/mol.